The zero-order chi connectivity index (χ0) is 13.1. The molecule has 7 heteroatoms. The van der Waals surface area contributed by atoms with Gasteiger partial charge in [-0.1, -0.05) is 11.6 Å². The van der Waals surface area contributed by atoms with E-state index in [2.05, 4.69) is 0 Å². The molecule has 1 aromatic rings. The lowest BCUT2D eigenvalue weighted by atomic mass is 10.2. The van der Waals surface area contributed by atoms with Crippen LogP contribution in [0.2, 0.25) is 5.02 Å². The molecule has 0 aromatic heterocycles. The second-order valence-electron chi connectivity index (χ2n) is 3.44. The highest BCUT2D eigenvalue weighted by molar-refractivity contribution is 7.85. The smallest absolute Gasteiger partial charge is 0.330 e. The molecule has 2 nitrogen and oxygen atoms in total. The number of hydrogen-bond acceptors (Lipinski definition) is 2. The predicted octanol–water partition coefficient (Wildman–Crippen LogP) is 2.58. The van der Waals surface area contributed by atoms with Crippen molar-refractivity contribution in [2.24, 2.45) is 11.7 Å². The van der Waals surface area contributed by atoms with Crippen molar-refractivity contribution in [2.75, 3.05) is 12.3 Å². The molecule has 96 valence electrons. The molecular formula is C10H11ClF3NOS. The number of nitrogens with two attached hydrogens (primary N) is 1. The van der Waals surface area contributed by atoms with E-state index in [0.29, 0.717) is 9.92 Å². The van der Waals surface area contributed by atoms with Crippen LogP contribution in [-0.2, 0) is 10.8 Å². The van der Waals surface area contributed by atoms with Crippen LogP contribution in [0.15, 0.2) is 29.2 Å². The Morgan fingerprint density at radius 3 is 2.24 bits per heavy atom. The molecule has 0 bridgehead atoms. The highest BCUT2D eigenvalue weighted by Gasteiger charge is 2.39. The first-order chi connectivity index (χ1) is 7.84. The third-order valence-electron chi connectivity index (χ3n) is 2.18. The van der Waals surface area contributed by atoms with Crippen molar-refractivity contribution < 1.29 is 17.4 Å². The highest BCUT2D eigenvalue weighted by Crippen LogP contribution is 2.27. The van der Waals surface area contributed by atoms with Gasteiger partial charge in [0.15, 0.2) is 0 Å². The molecule has 0 heterocycles. The number of benzene rings is 1. The molecule has 1 rings (SSSR count). The van der Waals surface area contributed by atoms with Gasteiger partial charge in [0.05, 0.1) is 16.7 Å². The molecule has 0 saturated carbocycles. The van der Waals surface area contributed by atoms with E-state index in [-0.39, 0.29) is 0 Å². The van der Waals surface area contributed by atoms with Crippen molar-refractivity contribution >= 4 is 22.4 Å². The minimum atomic E-state index is -4.42. The number of halogens is 4. The first kappa shape index (κ1) is 14.5. The average molecular weight is 286 g/mol. The van der Waals surface area contributed by atoms with Crippen LogP contribution in [0, 0.1) is 5.92 Å². The number of hydrogen-bond donors (Lipinski definition) is 1. The fourth-order valence-corrected chi connectivity index (χ4v) is 2.61. The summed E-state index contributed by atoms with van der Waals surface area (Å²) in [6, 6.07) is 5.87. The van der Waals surface area contributed by atoms with E-state index < -0.39 is 35.2 Å². The van der Waals surface area contributed by atoms with E-state index >= 15 is 0 Å². The molecule has 0 fully saturated rings. The summed E-state index contributed by atoms with van der Waals surface area (Å²) in [6.07, 6.45) is -4.42. The summed E-state index contributed by atoms with van der Waals surface area (Å²) in [4.78, 5) is 0.317. The van der Waals surface area contributed by atoms with Gasteiger partial charge in [-0.15, -0.1) is 0 Å². The molecule has 0 radical (unpaired) electrons. The lowest BCUT2D eigenvalue weighted by molar-refractivity contribution is -0.165. The molecule has 2 atom stereocenters. The summed E-state index contributed by atoms with van der Waals surface area (Å²) in [6.45, 7) is -0.567. The van der Waals surface area contributed by atoms with Crippen LogP contribution in [0.1, 0.15) is 0 Å². The summed E-state index contributed by atoms with van der Waals surface area (Å²) in [5.41, 5.74) is 5.03. The Morgan fingerprint density at radius 1 is 1.29 bits per heavy atom. The van der Waals surface area contributed by atoms with Crippen LogP contribution in [0.3, 0.4) is 0 Å². The van der Waals surface area contributed by atoms with Crippen molar-refractivity contribution in [3.05, 3.63) is 29.3 Å². The normalized spacial score (nSPS) is 15.6. The zero-order valence-electron chi connectivity index (χ0n) is 8.71. The van der Waals surface area contributed by atoms with Crippen LogP contribution in [0.4, 0.5) is 13.2 Å². The maximum atomic E-state index is 12.4. The van der Waals surface area contributed by atoms with E-state index in [0.717, 1.165) is 0 Å². The molecule has 17 heavy (non-hydrogen) atoms. The van der Waals surface area contributed by atoms with Gasteiger partial charge in [0.1, 0.15) is 0 Å². The Hall–Kier alpha value is -0.590. The van der Waals surface area contributed by atoms with E-state index in [1.807, 2.05) is 0 Å². The van der Waals surface area contributed by atoms with Crippen molar-refractivity contribution in [1.29, 1.82) is 0 Å². The molecule has 0 aliphatic heterocycles. The Labute approximate surface area is 104 Å². The summed E-state index contributed by atoms with van der Waals surface area (Å²) in [5.74, 6) is -2.28. The Bertz CT molecular complexity index is 394. The average Bonchev–Trinajstić information content (AvgIpc) is 2.24. The predicted molar refractivity (Wildman–Crippen MR) is 61.3 cm³/mol. The molecular weight excluding hydrogens is 275 g/mol. The second kappa shape index (κ2) is 5.84. The summed E-state index contributed by atoms with van der Waals surface area (Å²) >= 11 is 5.62. The third kappa shape index (κ3) is 4.29. The Morgan fingerprint density at radius 2 is 1.82 bits per heavy atom. The maximum Gasteiger partial charge on any atom is 0.393 e. The summed E-state index contributed by atoms with van der Waals surface area (Å²) in [5, 5.41) is 0.442. The summed E-state index contributed by atoms with van der Waals surface area (Å²) < 4.78 is 49.0. The van der Waals surface area contributed by atoms with Crippen LogP contribution in [0.25, 0.3) is 0 Å². The molecule has 2 N–H and O–H groups in total. The molecule has 0 spiro atoms. The van der Waals surface area contributed by atoms with E-state index in [9.17, 15) is 17.4 Å². The molecule has 0 aliphatic rings. The lowest BCUT2D eigenvalue weighted by Crippen LogP contribution is -2.34. The fourth-order valence-electron chi connectivity index (χ4n) is 1.16. The Kier molecular flexibility index (Phi) is 4.97. The van der Waals surface area contributed by atoms with Crippen molar-refractivity contribution in [3.63, 3.8) is 0 Å². The highest BCUT2D eigenvalue weighted by atomic mass is 35.5. The molecule has 0 aliphatic carbocycles. The largest absolute Gasteiger partial charge is 0.393 e. The van der Waals surface area contributed by atoms with Crippen molar-refractivity contribution in [2.45, 2.75) is 11.1 Å². The van der Waals surface area contributed by atoms with Gasteiger partial charge in [0, 0.05) is 22.2 Å². The first-order valence-corrected chi connectivity index (χ1v) is 6.45. The second-order valence-corrected chi connectivity index (χ2v) is 5.37. The topological polar surface area (TPSA) is 43.1 Å². The quantitative estimate of drug-likeness (QED) is 0.924. The monoisotopic (exact) mass is 285 g/mol. The van der Waals surface area contributed by atoms with Crippen LogP contribution < -0.4 is 5.73 Å². The molecule has 0 amide bonds. The van der Waals surface area contributed by atoms with Gasteiger partial charge >= 0.3 is 6.18 Å². The van der Waals surface area contributed by atoms with Crippen LogP contribution >= 0.6 is 11.6 Å². The molecule has 2 unspecified atom stereocenters. The minimum Gasteiger partial charge on any atom is -0.330 e. The summed E-state index contributed by atoms with van der Waals surface area (Å²) in [7, 11) is -1.73. The third-order valence-corrected chi connectivity index (χ3v) is 3.93. The van der Waals surface area contributed by atoms with Gasteiger partial charge in [-0.2, -0.15) is 13.2 Å². The SMILES string of the molecule is NCC(CS(=O)c1ccc(Cl)cc1)C(F)(F)F. The van der Waals surface area contributed by atoms with E-state index in [1.54, 1.807) is 0 Å². The van der Waals surface area contributed by atoms with Gasteiger partial charge < -0.3 is 5.73 Å². The van der Waals surface area contributed by atoms with Gasteiger partial charge in [-0.05, 0) is 24.3 Å². The van der Waals surface area contributed by atoms with Crippen molar-refractivity contribution in [1.82, 2.24) is 0 Å². The van der Waals surface area contributed by atoms with Gasteiger partial charge in [0.2, 0.25) is 0 Å². The van der Waals surface area contributed by atoms with Crippen molar-refractivity contribution in [3.8, 4) is 0 Å². The lowest BCUT2D eigenvalue weighted by Gasteiger charge is -2.17. The van der Waals surface area contributed by atoms with E-state index in [4.69, 9.17) is 17.3 Å². The first-order valence-electron chi connectivity index (χ1n) is 4.75. The fraction of sp³-hybridized carbons (Fsp3) is 0.400. The standard InChI is InChI=1S/C10H11ClF3NOS/c11-8-1-3-9(4-2-8)17(16)6-7(5-15)10(12,13)14/h1-4,7H,5-6,15H2. The van der Waals surface area contributed by atoms with Crippen LogP contribution in [0.5, 0.6) is 0 Å². The maximum absolute atomic E-state index is 12.4. The van der Waals surface area contributed by atoms with Crippen LogP contribution in [-0.4, -0.2) is 22.7 Å². The molecule has 0 saturated heterocycles. The zero-order valence-corrected chi connectivity index (χ0v) is 10.3. The Balaban J connectivity index is 2.75. The number of alkyl halides is 3. The molecule has 1 aromatic carbocycles. The number of rotatable bonds is 4. The van der Waals surface area contributed by atoms with Gasteiger partial charge in [-0.3, -0.25) is 4.21 Å². The van der Waals surface area contributed by atoms with Gasteiger partial charge in [0.25, 0.3) is 0 Å². The van der Waals surface area contributed by atoms with Gasteiger partial charge in [-0.25, -0.2) is 0 Å². The van der Waals surface area contributed by atoms with E-state index in [1.165, 1.54) is 24.3 Å². The minimum absolute atomic E-state index is 0.317.